The van der Waals surface area contributed by atoms with Crippen LogP contribution in [0.4, 0.5) is 11.4 Å². The van der Waals surface area contributed by atoms with Crippen molar-refractivity contribution >= 4 is 46.4 Å². The van der Waals surface area contributed by atoms with Gasteiger partial charge < -0.3 is 20.7 Å². The number of halogens is 2. The van der Waals surface area contributed by atoms with Crippen LogP contribution in [-0.2, 0) is 9.53 Å². The first-order valence-corrected chi connectivity index (χ1v) is 8.61. The number of ether oxygens (including phenoxy) is 1. The molecule has 0 saturated carbocycles. The zero-order valence-electron chi connectivity index (χ0n) is 14.1. The summed E-state index contributed by atoms with van der Waals surface area (Å²) < 4.78 is 4.88. The van der Waals surface area contributed by atoms with Crippen molar-refractivity contribution in [3.8, 4) is 0 Å². The number of nitrogens with one attached hydrogen (secondary N) is 3. The lowest BCUT2D eigenvalue weighted by molar-refractivity contribution is -0.114. The van der Waals surface area contributed by atoms with E-state index >= 15 is 0 Å². The standard InChI is InChI=1S/C18H19Cl2N3O3/c1-26-9-8-21-18(25)12-2-5-14(6-3-12)22-11-17(24)23-16-10-13(19)4-7-15(16)20/h2-7,10,22H,8-9,11H2,1H3,(H,21,25)(H,23,24). The molecular weight excluding hydrogens is 377 g/mol. The lowest BCUT2D eigenvalue weighted by Gasteiger charge is -2.10. The monoisotopic (exact) mass is 395 g/mol. The Hall–Kier alpha value is -2.28. The number of carbonyl (C=O) groups excluding carboxylic acids is 2. The Morgan fingerprint density at radius 3 is 2.50 bits per heavy atom. The number of amides is 2. The van der Waals surface area contributed by atoms with Gasteiger partial charge in [-0.1, -0.05) is 23.2 Å². The molecule has 0 spiro atoms. The first kappa shape index (κ1) is 20.0. The van der Waals surface area contributed by atoms with Crippen LogP contribution in [0.25, 0.3) is 0 Å². The Labute approximate surface area is 161 Å². The van der Waals surface area contributed by atoms with Crippen molar-refractivity contribution in [1.29, 1.82) is 0 Å². The molecule has 0 saturated heterocycles. The topological polar surface area (TPSA) is 79.5 Å². The average Bonchev–Trinajstić information content (AvgIpc) is 2.63. The fourth-order valence-corrected chi connectivity index (χ4v) is 2.42. The van der Waals surface area contributed by atoms with Crippen LogP contribution in [0.15, 0.2) is 42.5 Å². The molecule has 0 bridgehead atoms. The first-order chi connectivity index (χ1) is 12.5. The van der Waals surface area contributed by atoms with E-state index in [-0.39, 0.29) is 18.4 Å². The Balaban J connectivity index is 1.84. The van der Waals surface area contributed by atoms with E-state index in [4.69, 9.17) is 27.9 Å². The fourth-order valence-electron chi connectivity index (χ4n) is 2.08. The van der Waals surface area contributed by atoms with Gasteiger partial charge >= 0.3 is 0 Å². The van der Waals surface area contributed by atoms with Crippen LogP contribution in [-0.4, -0.2) is 38.6 Å². The van der Waals surface area contributed by atoms with Crippen molar-refractivity contribution in [3.63, 3.8) is 0 Å². The van der Waals surface area contributed by atoms with E-state index in [0.717, 1.165) is 0 Å². The molecule has 0 aliphatic heterocycles. The predicted octanol–water partition coefficient (Wildman–Crippen LogP) is 3.42. The summed E-state index contributed by atoms with van der Waals surface area (Å²) in [5.41, 5.74) is 1.70. The van der Waals surface area contributed by atoms with Crippen molar-refractivity contribution in [2.75, 3.05) is 37.4 Å². The van der Waals surface area contributed by atoms with Gasteiger partial charge in [0.2, 0.25) is 5.91 Å². The molecule has 0 heterocycles. The Morgan fingerprint density at radius 2 is 1.81 bits per heavy atom. The van der Waals surface area contributed by atoms with Gasteiger partial charge in [0.05, 0.1) is 23.9 Å². The maximum absolute atomic E-state index is 12.0. The van der Waals surface area contributed by atoms with Crippen LogP contribution >= 0.6 is 23.2 Å². The normalized spacial score (nSPS) is 10.3. The van der Waals surface area contributed by atoms with Crippen molar-refractivity contribution in [2.45, 2.75) is 0 Å². The van der Waals surface area contributed by atoms with Crippen LogP contribution in [0.3, 0.4) is 0 Å². The van der Waals surface area contributed by atoms with Gasteiger partial charge in [-0.3, -0.25) is 9.59 Å². The summed E-state index contributed by atoms with van der Waals surface area (Å²) in [5, 5.41) is 9.29. The third-order valence-corrected chi connectivity index (χ3v) is 3.96. The molecule has 2 aromatic carbocycles. The highest BCUT2D eigenvalue weighted by atomic mass is 35.5. The maximum atomic E-state index is 12.0. The van der Waals surface area contributed by atoms with Crippen molar-refractivity contribution in [3.05, 3.63) is 58.1 Å². The number of rotatable bonds is 8. The van der Waals surface area contributed by atoms with Gasteiger partial charge in [0, 0.05) is 29.9 Å². The number of hydrogen-bond donors (Lipinski definition) is 3. The van der Waals surface area contributed by atoms with E-state index in [2.05, 4.69) is 16.0 Å². The second kappa shape index (κ2) is 10.0. The molecule has 6 nitrogen and oxygen atoms in total. The van der Waals surface area contributed by atoms with Crippen molar-refractivity contribution in [2.24, 2.45) is 0 Å². The summed E-state index contributed by atoms with van der Waals surface area (Å²) in [4.78, 5) is 23.9. The molecule has 26 heavy (non-hydrogen) atoms. The Morgan fingerprint density at radius 1 is 1.08 bits per heavy atom. The van der Waals surface area contributed by atoms with Crippen LogP contribution in [0.5, 0.6) is 0 Å². The van der Waals surface area contributed by atoms with Crippen LogP contribution in [0, 0.1) is 0 Å². The van der Waals surface area contributed by atoms with Crippen LogP contribution in [0.1, 0.15) is 10.4 Å². The van der Waals surface area contributed by atoms with E-state index in [9.17, 15) is 9.59 Å². The molecular formula is C18H19Cl2N3O3. The summed E-state index contributed by atoms with van der Waals surface area (Å²) in [5.74, 6) is -0.447. The molecule has 8 heteroatoms. The number of methoxy groups -OCH3 is 1. The average molecular weight is 396 g/mol. The van der Waals surface area contributed by atoms with Gasteiger partial charge in [-0.2, -0.15) is 0 Å². The minimum atomic E-state index is -0.268. The smallest absolute Gasteiger partial charge is 0.251 e. The Bertz CT molecular complexity index is 767. The number of carbonyl (C=O) groups is 2. The molecule has 2 rings (SSSR count). The van der Waals surface area contributed by atoms with Gasteiger partial charge in [-0.15, -0.1) is 0 Å². The van der Waals surface area contributed by atoms with Gasteiger partial charge in [0.1, 0.15) is 0 Å². The minimum Gasteiger partial charge on any atom is -0.383 e. The van der Waals surface area contributed by atoms with E-state index < -0.39 is 0 Å². The highest BCUT2D eigenvalue weighted by Gasteiger charge is 2.08. The lowest BCUT2D eigenvalue weighted by Crippen LogP contribution is -2.26. The zero-order valence-corrected chi connectivity index (χ0v) is 15.7. The van der Waals surface area contributed by atoms with E-state index in [1.807, 2.05) is 0 Å². The summed E-state index contributed by atoms with van der Waals surface area (Å²) in [6, 6.07) is 11.6. The number of hydrogen-bond acceptors (Lipinski definition) is 4. The second-order valence-corrected chi connectivity index (χ2v) is 6.20. The summed E-state index contributed by atoms with van der Waals surface area (Å²) in [6.45, 7) is 0.945. The molecule has 0 unspecified atom stereocenters. The summed E-state index contributed by atoms with van der Waals surface area (Å²) >= 11 is 11.9. The van der Waals surface area contributed by atoms with E-state index in [0.29, 0.717) is 40.1 Å². The molecule has 0 aliphatic carbocycles. The van der Waals surface area contributed by atoms with E-state index in [1.54, 1.807) is 49.6 Å². The predicted molar refractivity (Wildman–Crippen MR) is 104 cm³/mol. The van der Waals surface area contributed by atoms with Crippen LogP contribution in [0.2, 0.25) is 10.0 Å². The molecule has 0 atom stereocenters. The third-order valence-electron chi connectivity index (χ3n) is 3.39. The molecule has 138 valence electrons. The lowest BCUT2D eigenvalue weighted by atomic mass is 10.2. The van der Waals surface area contributed by atoms with Crippen molar-refractivity contribution < 1.29 is 14.3 Å². The van der Waals surface area contributed by atoms with E-state index in [1.165, 1.54) is 0 Å². The quantitative estimate of drug-likeness (QED) is 0.598. The highest BCUT2D eigenvalue weighted by Crippen LogP contribution is 2.25. The largest absolute Gasteiger partial charge is 0.383 e. The van der Waals surface area contributed by atoms with Gasteiger partial charge in [-0.25, -0.2) is 0 Å². The minimum absolute atomic E-state index is 0.0439. The highest BCUT2D eigenvalue weighted by molar-refractivity contribution is 6.35. The molecule has 2 amide bonds. The molecule has 2 aromatic rings. The molecule has 0 radical (unpaired) electrons. The summed E-state index contributed by atoms with van der Waals surface area (Å²) in [7, 11) is 1.57. The summed E-state index contributed by atoms with van der Waals surface area (Å²) in [6.07, 6.45) is 0. The SMILES string of the molecule is COCCNC(=O)c1ccc(NCC(=O)Nc2cc(Cl)ccc2Cl)cc1. The molecule has 0 aliphatic rings. The van der Waals surface area contributed by atoms with Crippen LogP contribution < -0.4 is 16.0 Å². The van der Waals surface area contributed by atoms with Gasteiger partial charge in [0.15, 0.2) is 0 Å². The number of anilines is 2. The van der Waals surface area contributed by atoms with Gasteiger partial charge in [0.25, 0.3) is 5.91 Å². The molecule has 0 aromatic heterocycles. The zero-order chi connectivity index (χ0) is 18.9. The van der Waals surface area contributed by atoms with Gasteiger partial charge in [-0.05, 0) is 42.5 Å². The Kier molecular flexibility index (Phi) is 7.72. The second-order valence-electron chi connectivity index (χ2n) is 5.35. The fraction of sp³-hybridized carbons (Fsp3) is 0.222. The van der Waals surface area contributed by atoms with Crippen molar-refractivity contribution in [1.82, 2.24) is 5.32 Å². The third kappa shape index (κ3) is 6.22. The maximum Gasteiger partial charge on any atom is 0.251 e. The molecule has 3 N–H and O–H groups in total. The first-order valence-electron chi connectivity index (χ1n) is 7.85. The molecule has 0 fully saturated rings. The number of benzene rings is 2.